The second-order valence-electron chi connectivity index (χ2n) is 3.88. The minimum Gasteiger partial charge on any atom is -0.437 e. The van der Waals surface area contributed by atoms with Gasteiger partial charge < -0.3 is 9.84 Å². The van der Waals surface area contributed by atoms with Crippen molar-refractivity contribution in [3.8, 4) is 11.6 Å². The molecule has 0 saturated carbocycles. The number of aliphatic hydroxyl groups is 1. The fourth-order valence-corrected chi connectivity index (χ4v) is 1.41. The number of benzene rings is 1. The average molecular weight is 230 g/mol. The summed E-state index contributed by atoms with van der Waals surface area (Å²) in [5, 5.41) is 8.86. The molecule has 2 aromatic rings. The lowest BCUT2D eigenvalue weighted by Crippen LogP contribution is -1.95. The first-order valence-electron chi connectivity index (χ1n) is 5.36. The maximum Gasteiger partial charge on any atom is 0.237 e. The lowest BCUT2D eigenvalue weighted by molar-refractivity contribution is 0.276. The van der Waals surface area contributed by atoms with Crippen LogP contribution in [-0.4, -0.2) is 15.1 Å². The second kappa shape index (κ2) is 4.93. The van der Waals surface area contributed by atoms with Gasteiger partial charge in [-0.05, 0) is 31.0 Å². The van der Waals surface area contributed by atoms with Crippen molar-refractivity contribution in [1.29, 1.82) is 0 Å². The van der Waals surface area contributed by atoms with Gasteiger partial charge in [0.25, 0.3) is 0 Å². The second-order valence-corrected chi connectivity index (χ2v) is 3.88. The van der Waals surface area contributed by atoms with E-state index < -0.39 is 0 Å². The minimum atomic E-state index is -0.114. The molecule has 17 heavy (non-hydrogen) atoms. The van der Waals surface area contributed by atoms with Gasteiger partial charge in [-0.25, -0.2) is 4.98 Å². The van der Waals surface area contributed by atoms with Gasteiger partial charge in [0.05, 0.1) is 24.7 Å². The third-order valence-corrected chi connectivity index (χ3v) is 2.40. The van der Waals surface area contributed by atoms with Crippen molar-refractivity contribution in [3.63, 3.8) is 0 Å². The number of hydrogen-bond acceptors (Lipinski definition) is 4. The van der Waals surface area contributed by atoms with E-state index in [1.54, 1.807) is 0 Å². The molecule has 0 amide bonds. The van der Waals surface area contributed by atoms with Crippen LogP contribution in [0.1, 0.15) is 16.8 Å². The summed E-state index contributed by atoms with van der Waals surface area (Å²) < 4.78 is 5.63. The maximum atomic E-state index is 8.86. The Labute approximate surface area is 99.9 Å². The van der Waals surface area contributed by atoms with Gasteiger partial charge in [-0.1, -0.05) is 12.1 Å². The van der Waals surface area contributed by atoms with E-state index in [0.29, 0.717) is 11.6 Å². The first-order valence-corrected chi connectivity index (χ1v) is 5.36. The molecule has 0 aliphatic heterocycles. The van der Waals surface area contributed by atoms with Crippen LogP contribution in [0.15, 0.2) is 30.6 Å². The molecule has 1 N–H and O–H groups in total. The van der Waals surface area contributed by atoms with Crippen molar-refractivity contribution in [2.24, 2.45) is 0 Å². The molecule has 0 saturated heterocycles. The van der Waals surface area contributed by atoms with Crippen LogP contribution in [0.25, 0.3) is 0 Å². The summed E-state index contributed by atoms with van der Waals surface area (Å²) >= 11 is 0. The van der Waals surface area contributed by atoms with Crippen molar-refractivity contribution < 1.29 is 9.84 Å². The number of aromatic nitrogens is 2. The highest BCUT2D eigenvalue weighted by atomic mass is 16.5. The van der Waals surface area contributed by atoms with Gasteiger partial charge in [-0.15, -0.1) is 0 Å². The molecule has 0 atom stereocenters. The highest BCUT2D eigenvalue weighted by Gasteiger charge is 2.03. The quantitative estimate of drug-likeness (QED) is 0.879. The molecule has 0 spiro atoms. The van der Waals surface area contributed by atoms with E-state index in [4.69, 9.17) is 9.84 Å². The lowest BCUT2D eigenvalue weighted by Gasteiger charge is -2.08. The Balaban J connectivity index is 2.22. The summed E-state index contributed by atoms with van der Waals surface area (Å²) in [6.07, 6.45) is 3.01. The van der Waals surface area contributed by atoms with Gasteiger partial charge in [-0.2, -0.15) is 0 Å². The predicted molar refractivity (Wildman–Crippen MR) is 63.9 cm³/mol. The van der Waals surface area contributed by atoms with E-state index in [1.165, 1.54) is 12.4 Å². The van der Waals surface area contributed by atoms with Crippen LogP contribution in [0.2, 0.25) is 0 Å². The van der Waals surface area contributed by atoms with Crippen LogP contribution >= 0.6 is 0 Å². The Morgan fingerprint density at radius 3 is 2.65 bits per heavy atom. The van der Waals surface area contributed by atoms with Crippen molar-refractivity contribution in [2.45, 2.75) is 20.5 Å². The molecule has 1 heterocycles. The third kappa shape index (κ3) is 2.79. The highest BCUT2D eigenvalue weighted by molar-refractivity contribution is 5.38. The Kier molecular flexibility index (Phi) is 3.35. The van der Waals surface area contributed by atoms with E-state index in [1.807, 2.05) is 32.0 Å². The number of nitrogens with zero attached hydrogens (tertiary/aromatic N) is 2. The zero-order chi connectivity index (χ0) is 12.3. The molecule has 0 aliphatic carbocycles. The van der Waals surface area contributed by atoms with E-state index in [2.05, 4.69) is 9.97 Å². The molecule has 2 rings (SSSR count). The lowest BCUT2D eigenvalue weighted by atomic mass is 10.1. The fourth-order valence-electron chi connectivity index (χ4n) is 1.41. The van der Waals surface area contributed by atoms with E-state index in [9.17, 15) is 0 Å². The van der Waals surface area contributed by atoms with Crippen LogP contribution < -0.4 is 4.74 Å². The Morgan fingerprint density at radius 2 is 2.00 bits per heavy atom. The van der Waals surface area contributed by atoms with Crippen molar-refractivity contribution >= 4 is 0 Å². The monoisotopic (exact) mass is 230 g/mol. The molecular weight excluding hydrogens is 216 g/mol. The molecule has 0 unspecified atom stereocenters. The van der Waals surface area contributed by atoms with Gasteiger partial charge >= 0.3 is 0 Å². The molecule has 0 aliphatic rings. The molecule has 1 aromatic heterocycles. The maximum absolute atomic E-state index is 8.86. The van der Waals surface area contributed by atoms with E-state index >= 15 is 0 Å². The largest absolute Gasteiger partial charge is 0.437 e. The van der Waals surface area contributed by atoms with Crippen LogP contribution in [0.3, 0.4) is 0 Å². The summed E-state index contributed by atoms with van der Waals surface area (Å²) in [7, 11) is 0. The summed E-state index contributed by atoms with van der Waals surface area (Å²) in [6, 6.07) is 5.99. The Hall–Kier alpha value is -1.94. The van der Waals surface area contributed by atoms with Gasteiger partial charge in [0, 0.05) is 0 Å². The molecule has 0 fully saturated rings. The Morgan fingerprint density at radius 1 is 1.18 bits per heavy atom. The van der Waals surface area contributed by atoms with E-state index in [-0.39, 0.29) is 6.61 Å². The van der Waals surface area contributed by atoms with Crippen LogP contribution in [0, 0.1) is 13.8 Å². The molecule has 0 bridgehead atoms. The first kappa shape index (κ1) is 11.5. The minimum absolute atomic E-state index is 0.114. The van der Waals surface area contributed by atoms with Gasteiger partial charge in [-0.3, -0.25) is 4.98 Å². The van der Waals surface area contributed by atoms with Gasteiger partial charge in [0.1, 0.15) is 5.75 Å². The molecule has 1 aromatic carbocycles. The molecule has 4 nitrogen and oxygen atoms in total. The summed E-state index contributed by atoms with van der Waals surface area (Å²) in [5.74, 6) is 1.20. The average Bonchev–Trinajstić information content (AvgIpc) is 2.35. The standard InChI is InChI=1S/C13H14N2O2/c1-9-3-4-10(2)12(5-9)17-13-7-14-11(8-16)6-15-13/h3-7,16H,8H2,1-2H3. The molecule has 4 heteroatoms. The fraction of sp³-hybridized carbons (Fsp3) is 0.231. The highest BCUT2D eigenvalue weighted by Crippen LogP contribution is 2.24. The number of hydrogen-bond donors (Lipinski definition) is 1. The van der Waals surface area contributed by atoms with Gasteiger partial charge in [0.15, 0.2) is 0 Å². The number of aliphatic hydroxyl groups excluding tert-OH is 1. The number of ether oxygens (including phenoxy) is 1. The van der Waals surface area contributed by atoms with Crippen LogP contribution in [0.4, 0.5) is 0 Å². The van der Waals surface area contributed by atoms with Crippen molar-refractivity contribution in [2.75, 3.05) is 0 Å². The smallest absolute Gasteiger partial charge is 0.237 e. The van der Waals surface area contributed by atoms with Crippen molar-refractivity contribution in [3.05, 3.63) is 47.4 Å². The number of rotatable bonds is 3. The zero-order valence-corrected chi connectivity index (χ0v) is 9.84. The van der Waals surface area contributed by atoms with Gasteiger partial charge in [0.2, 0.25) is 5.88 Å². The molecule has 0 radical (unpaired) electrons. The molecular formula is C13H14N2O2. The number of aryl methyl sites for hydroxylation is 2. The summed E-state index contributed by atoms with van der Waals surface area (Å²) in [4.78, 5) is 8.08. The van der Waals surface area contributed by atoms with Crippen LogP contribution in [0.5, 0.6) is 11.6 Å². The third-order valence-electron chi connectivity index (χ3n) is 2.40. The Bertz CT molecular complexity index is 509. The summed E-state index contributed by atoms with van der Waals surface area (Å²) in [6.45, 7) is 3.87. The normalized spacial score (nSPS) is 10.3. The van der Waals surface area contributed by atoms with Crippen molar-refractivity contribution in [1.82, 2.24) is 9.97 Å². The predicted octanol–water partition coefficient (Wildman–Crippen LogP) is 2.38. The SMILES string of the molecule is Cc1ccc(C)c(Oc2cnc(CO)cn2)c1. The zero-order valence-electron chi connectivity index (χ0n) is 9.84. The van der Waals surface area contributed by atoms with Crippen LogP contribution in [-0.2, 0) is 6.61 Å². The molecule has 88 valence electrons. The first-order chi connectivity index (χ1) is 8.19. The summed E-state index contributed by atoms with van der Waals surface area (Å²) in [5.41, 5.74) is 2.70. The van der Waals surface area contributed by atoms with E-state index in [0.717, 1.165) is 16.9 Å². The topological polar surface area (TPSA) is 55.2 Å².